The van der Waals surface area contributed by atoms with Crippen LogP contribution in [-0.4, -0.2) is 34.0 Å². The van der Waals surface area contributed by atoms with Crippen molar-refractivity contribution in [2.24, 2.45) is 5.73 Å². The summed E-state index contributed by atoms with van der Waals surface area (Å²) < 4.78 is 5.06. The molecule has 0 bridgehead atoms. The summed E-state index contributed by atoms with van der Waals surface area (Å²) >= 11 is 0. The molecule has 0 aliphatic heterocycles. The Labute approximate surface area is 136 Å². The molecule has 1 aromatic carbocycles. The molecule has 0 aliphatic rings. The SMILES string of the molecule is Cc1noc(CCCC(=O)N(CCCN)Cc2ccccc2)n1. The number of nitrogens with two attached hydrogens (primary N) is 1. The third-order valence-electron chi connectivity index (χ3n) is 3.55. The van der Waals surface area contributed by atoms with Gasteiger partial charge in [-0.15, -0.1) is 0 Å². The predicted molar refractivity (Wildman–Crippen MR) is 87.5 cm³/mol. The second kappa shape index (κ2) is 9.05. The van der Waals surface area contributed by atoms with Crippen LogP contribution in [0.2, 0.25) is 0 Å². The van der Waals surface area contributed by atoms with Crippen LogP contribution in [0.25, 0.3) is 0 Å². The van der Waals surface area contributed by atoms with Gasteiger partial charge in [0, 0.05) is 25.9 Å². The molecule has 0 saturated heterocycles. The fourth-order valence-corrected chi connectivity index (χ4v) is 2.37. The number of aromatic nitrogens is 2. The number of benzene rings is 1. The van der Waals surface area contributed by atoms with Gasteiger partial charge in [-0.05, 0) is 31.9 Å². The molecule has 0 atom stereocenters. The zero-order chi connectivity index (χ0) is 16.5. The van der Waals surface area contributed by atoms with Crippen molar-refractivity contribution in [3.63, 3.8) is 0 Å². The van der Waals surface area contributed by atoms with Gasteiger partial charge >= 0.3 is 0 Å². The van der Waals surface area contributed by atoms with Crippen LogP contribution in [0.3, 0.4) is 0 Å². The zero-order valence-corrected chi connectivity index (χ0v) is 13.6. The second-order valence-electron chi connectivity index (χ2n) is 5.53. The highest BCUT2D eigenvalue weighted by molar-refractivity contribution is 5.76. The van der Waals surface area contributed by atoms with Gasteiger partial charge in [0.15, 0.2) is 5.82 Å². The minimum atomic E-state index is 0.138. The molecule has 0 spiro atoms. The predicted octanol–water partition coefficient (Wildman–Crippen LogP) is 2.08. The van der Waals surface area contributed by atoms with Gasteiger partial charge < -0.3 is 15.2 Å². The first kappa shape index (κ1) is 17.1. The number of amides is 1. The van der Waals surface area contributed by atoms with E-state index < -0.39 is 0 Å². The number of aryl methyl sites for hydroxylation is 2. The summed E-state index contributed by atoms with van der Waals surface area (Å²) in [5.41, 5.74) is 6.71. The first-order valence-corrected chi connectivity index (χ1v) is 8.00. The molecule has 1 aromatic heterocycles. The molecular formula is C17H24N4O2. The summed E-state index contributed by atoms with van der Waals surface area (Å²) in [5.74, 6) is 1.35. The van der Waals surface area contributed by atoms with Gasteiger partial charge in [0.1, 0.15) is 0 Å². The van der Waals surface area contributed by atoms with Gasteiger partial charge in [-0.3, -0.25) is 4.79 Å². The topological polar surface area (TPSA) is 85.2 Å². The van der Waals surface area contributed by atoms with E-state index in [0.29, 0.717) is 50.6 Å². The van der Waals surface area contributed by atoms with Gasteiger partial charge in [-0.1, -0.05) is 35.5 Å². The number of carbonyl (C=O) groups excluding carboxylic acids is 1. The molecule has 0 radical (unpaired) electrons. The van der Waals surface area contributed by atoms with Gasteiger partial charge in [-0.25, -0.2) is 0 Å². The number of nitrogens with zero attached hydrogens (tertiary/aromatic N) is 3. The molecule has 6 heteroatoms. The van der Waals surface area contributed by atoms with Gasteiger partial charge in [-0.2, -0.15) is 4.98 Å². The van der Waals surface area contributed by atoms with E-state index in [2.05, 4.69) is 10.1 Å². The Balaban J connectivity index is 1.85. The Morgan fingerprint density at radius 1 is 1.26 bits per heavy atom. The van der Waals surface area contributed by atoms with E-state index in [1.54, 1.807) is 6.92 Å². The summed E-state index contributed by atoms with van der Waals surface area (Å²) in [5, 5.41) is 3.75. The van der Waals surface area contributed by atoms with Crippen LogP contribution in [0, 0.1) is 6.92 Å². The van der Waals surface area contributed by atoms with Crippen LogP contribution in [0.15, 0.2) is 34.9 Å². The summed E-state index contributed by atoms with van der Waals surface area (Å²) in [6, 6.07) is 10.0. The minimum absolute atomic E-state index is 0.138. The van der Waals surface area contributed by atoms with E-state index in [-0.39, 0.29) is 5.91 Å². The van der Waals surface area contributed by atoms with E-state index in [1.807, 2.05) is 35.2 Å². The highest BCUT2D eigenvalue weighted by atomic mass is 16.5. The van der Waals surface area contributed by atoms with Crippen molar-refractivity contribution < 1.29 is 9.32 Å². The molecule has 2 aromatic rings. The monoisotopic (exact) mass is 316 g/mol. The van der Waals surface area contributed by atoms with E-state index in [1.165, 1.54) is 0 Å². The number of carbonyl (C=O) groups is 1. The minimum Gasteiger partial charge on any atom is -0.339 e. The number of hydrogen-bond acceptors (Lipinski definition) is 5. The Kier molecular flexibility index (Phi) is 6.75. The highest BCUT2D eigenvalue weighted by Crippen LogP contribution is 2.10. The number of hydrogen-bond donors (Lipinski definition) is 1. The second-order valence-corrected chi connectivity index (χ2v) is 5.53. The van der Waals surface area contributed by atoms with Gasteiger partial charge in [0.2, 0.25) is 11.8 Å². The smallest absolute Gasteiger partial charge is 0.226 e. The van der Waals surface area contributed by atoms with Gasteiger partial charge in [0.25, 0.3) is 0 Å². The maximum absolute atomic E-state index is 12.5. The largest absolute Gasteiger partial charge is 0.339 e. The average molecular weight is 316 g/mol. The molecule has 0 unspecified atom stereocenters. The van der Waals surface area contributed by atoms with Crippen LogP contribution < -0.4 is 5.73 Å². The standard InChI is InChI=1S/C17H24N4O2/c1-14-19-16(23-20-14)9-5-10-17(22)21(12-6-11-18)13-15-7-3-2-4-8-15/h2-4,7-8H,5-6,9-13,18H2,1H3. The van der Waals surface area contributed by atoms with Crippen molar-refractivity contribution in [1.29, 1.82) is 0 Å². The molecule has 6 nitrogen and oxygen atoms in total. The summed E-state index contributed by atoms with van der Waals surface area (Å²) in [7, 11) is 0. The van der Waals surface area contributed by atoms with Crippen molar-refractivity contribution in [2.45, 2.75) is 39.2 Å². The molecule has 0 fully saturated rings. The van der Waals surface area contributed by atoms with Crippen LogP contribution in [-0.2, 0) is 17.8 Å². The van der Waals surface area contributed by atoms with Crippen molar-refractivity contribution in [2.75, 3.05) is 13.1 Å². The zero-order valence-electron chi connectivity index (χ0n) is 13.6. The molecule has 0 saturated carbocycles. The van der Waals surface area contributed by atoms with Crippen molar-refractivity contribution in [3.05, 3.63) is 47.6 Å². The van der Waals surface area contributed by atoms with Crippen molar-refractivity contribution in [1.82, 2.24) is 15.0 Å². The Hall–Kier alpha value is -2.21. The fourth-order valence-electron chi connectivity index (χ4n) is 2.37. The molecular weight excluding hydrogens is 292 g/mol. The van der Waals surface area contributed by atoms with E-state index in [4.69, 9.17) is 10.3 Å². The van der Waals surface area contributed by atoms with Crippen molar-refractivity contribution >= 4 is 5.91 Å². The van der Waals surface area contributed by atoms with Gasteiger partial charge in [0.05, 0.1) is 0 Å². The Bertz CT molecular complexity index is 598. The van der Waals surface area contributed by atoms with E-state index >= 15 is 0 Å². The Morgan fingerprint density at radius 2 is 2.04 bits per heavy atom. The lowest BCUT2D eigenvalue weighted by molar-refractivity contribution is -0.132. The first-order valence-electron chi connectivity index (χ1n) is 8.00. The normalized spacial score (nSPS) is 10.7. The molecule has 1 heterocycles. The molecule has 124 valence electrons. The summed E-state index contributed by atoms with van der Waals surface area (Å²) in [4.78, 5) is 18.5. The fraction of sp³-hybridized carbons (Fsp3) is 0.471. The molecule has 2 N–H and O–H groups in total. The maximum Gasteiger partial charge on any atom is 0.226 e. The van der Waals surface area contributed by atoms with Crippen LogP contribution in [0.5, 0.6) is 0 Å². The van der Waals surface area contributed by atoms with Crippen LogP contribution in [0.4, 0.5) is 0 Å². The molecule has 0 aliphatic carbocycles. The van der Waals surface area contributed by atoms with E-state index in [9.17, 15) is 4.79 Å². The molecule has 23 heavy (non-hydrogen) atoms. The van der Waals surface area contributed by atoms with Crippen molar-refractivity contribution in [3.8, 4) is 0 Å². The van der Waals surface area contributed by atoms with Crippen LogP contribution >= 0.6 is 0 Å². The quantitative estimate of drug-likeness (QED) is 0.765. The lowest BCUT2D eigenvalue weighted by atomic mass is 10.1. The van der Waals surface area contributed by atoms with Crippen LogP contribution in [0.1, 0.15) is 36.5 Å². The highest BCUT2D eigenvalue weighted by Gasteiger charge is 2.14. The molecule has 1 amide bonds. The molecule has 2 rings (SSSR count). The summed E-state index contributed by atoms with van der Waals surface area (Å²) in [6.45, 7) is 3.68. The first-order chi connectivity index (χ1) is 11.2. The third kappa shape index (κ3) is 5.83. The van der Waals surface area contributed by atoms with E-state index in [0.717, 1.165) is 12.0 Å². The maximum atomic E-state index is 12.5. The third-order valence-corrected chi connectivity index (χ3v) is 3.55. The lowest BCUT2D eigenvalue weighted by Gasteiger charge is -2.22. The summed E-state index contributed by atoms with van der Waals surface area (Å²) in [6.07, 6.45) is 2.61. The Morgan fingerprint density at radius 3 is 2.70 bits per heavy atom. The number of rotatable bonds is 9. The lowest BCUT2D eigenvalue weighted by Crippen LogP contribution is -2.32. The average Bonchev–Trinajstić information content (AvgIpc) is 2.97.